The molecule has 144 valence electrons. The molecular formula is C22H18N4O3. The molecule has 0 aliphatic rings. The molecule has 1 aromatic heterocycles. The van der Waals surface area contributed by atoms with Crippen molar-refractivity contribution in [3.63, 3.8) is 0 Å². The van der Waals surface area contributed by atoms with Crippen LogP contribution in [0.3, 0.4) is 0 Å². The van der Waals surface area contributed by atoms with Crippen LogP contribution in [0, 0.1) is 10.1 Å². The maximum Gasteiger partial charge on any atom is 0.269 e. The molecule has 4 aromatic rings. The van der Waals surface area contributed by atoms with Crippen molar-refractivity contribution in [3.8, 4) is 11.4 Å². The lowest BCUT2D eigenvalue weighted by molar-refractivity contribution is -0.384. The summed E-state index contributed by atoms with van der Waals surface area (Å²) in [7, 11) is 0. The Bertz CT molecular complexity index is 1170. The highest BCUT2D eigenvalue weighted by Gasteiger charge is 2.16. The van der Waals surface area contributed by atoms with Gasteiger partial charge in [0.1, 0.15) is 12.4 Å². The molecule has 0 unspecified atom stereocenters. The van der Waals surface area contributed by atoms with E-state index in [1.807, 2.05) is 59.2 Å². The van der Waals surface area contributed by atoms with Crippen molar-refractivity contribution in [3.05, 3.63) is 94.5 Å². The van der Waals surface area contributed by atoms with Gasteiger partial charge in [-0.3, -0.25) is 14.9 Å². The summed E-state index contributed by atoms with van der Waals surface area (Å²) < 4.78 is 1.83. The standard InChI is InChI=1S/C22H18N4O3/c27-21(23-14-16-6-2-1-3-7-16)15-25-20-9-5-4-8-19(20)24-22(25)17-10-12-18(13-11-17)26(28)29/h1-13H,14-15H2,(H,23,27). The van der Waals surface area contributed by atoms with Crippen LogP contribution in [0.4, 0.5) is 5.69 Å². The summed E-state index contributed by atoms with van der Waals surface area (Å²) in [6.07, 6.45) is 0. The Labute approximate surface area is 166 Å². The van der Waals surface area contributed by atoms with Gasteiger partial charge in [-0.05, 0) is 29.8 Å². The van der Waals surface area contributed by atoms with Crippen LogP contribution < -0.4 is 5.32 Å². The number of rotatable bonds is 6. The molecule has 7 nitrogen and oxygen atoms in total. The Hall–Kier alpha value is -4.00. The Balaban J connectivity index is 1.63. The second-order valence-corrected chi connectivity index (χ2v) is 6.58. The quantitative estimate of drug-likeness (QED) is 0.402. The van der Waals surface area contributed by atoms with Crippen LogP contribution in [0.1, 0.15) is 5.56 Å². The van der Waals surface area contributed by atoms with Crippen molar-refractivity contribution in [2.75, 3.05) is 0 Å². The molecule has 7 heteroatoms. The van der Waals surface area contributed by atoms with Crippen LogP contribution in [0.15, 0.2) is 78.9 Å². The van der Waals surface area contributed by atoms with Gasteiger partial charge in [-0.25, -0.2) is 4.98 Å². The van der Waals surface area contributed by atoms with Gasteiger partial charge in [0.15, 0.2) is 0 Å². The minimum absolute atomic E-state index is 0.0111. The summed E-state index contributed by atoms with van der Waals surface area (Å²) >= 11 is 0. The lowest BCUT2D eigenvalue weighted by atomic mass is 10.2. The molecule has 0 aliphatic heterocycles. The summed E-state index contributed by atoms with van der Waals surface area (Å²) in [5, 5.41) is 13.9. The lowest BCUT2D eigenvalue weighted by Crippen LogP contribution is -2.27. The first-order valence-electron chi connectivity index (χ1n) is 9.12. The predicted octanol–water partition coefficient (Wildman–Crippen LogP) is 3.93. The minimum atomic E-state index is -0.441. The summed E-state index contributed by atoms with van der Waals surface area (Å²) in [5.41, 5.74) is 3.33. The maximum atomic E-state index is 12.6. The van der Waals surface area contributed by atoms with Crippen LogP contribution >= 0.6 is 0 Å². The summed E-state index contributed by atoms with van der Waals surface area (Å²) in [5.74, 6) is 0.455. The van der Waals surface area contributed by atoms with E-state index >= 15 is 0 Å². The zero-order chi connectivity index (χ0) is 20.2. The second kappa shape index (κ2) is 7.93. The van der Waals surface area contributed by atoms with E-state index in [0.29, 0.717) is 17.9 Å². The van der Waals surface area contributed by atoms with Crippen LogP contribution in [0.5, 0.6) is 0 Å². The van der Waals surface area contributed by atoms with Gasteiger partial charge in [0, 0.05) is 24.2 Å². The smallest absolute Gasteiger partial charge is 0.269 e. The first kappa shape index (κ1) is 18.4. The normalized spacial score (nSPS) is 10.8. The van der Waals surface area contributed by atoms with Crippen molar-refractivity contribution in [2.45, 2.75) is 13.1 Å². The van der Waals surface area contributed by atoms with E-state index < -0.39 is 4.92 Å². The summed E-state index contributed by atoms with van der Waals surface area (Å²) in [6.45, 7) is 0.541. The SMILES string of the molecule is O=C(Cn1c(-c2ccc([N+](=O)[O-])cc2)nc2ccccc21)NCc1ccccc1. The fraction of sp³-hybridized carbons (Fsp3) is 0.0909. The number of nitro benzene ring substituents is 1. The fourth-order valence-electron chi connectivity index (χ4n) is 3.18. The third kappa shape index (κ3) is 3.98. The topological polar surface area (TPSA) is 90.1 Å². The van der Waals surface area contributed by atoms with Gasteiger partial charge < -0.3 is 9.88 Å². The number of carbonyl (C=O) groups excluding carboxylic acids is 1. The van der Waals surface area contributed by atoms with E-state index in [2.05, 4.69) is 10.3 Å². The molecular weight excluding hydrogens is 368 g/mol. The molecule has 0 aliphatic carbocycles. The molecule has 0 fully saturated rings. The molecule has 1 amide bonds. The average Bonchev–Trinajstić information content (AvgIpc) is 3.11. The van der Waals surface area contributed by atoms with E-state index in [4.69, 9.17) is 0 Å². The van der Waals surface area contributed by atoms with Gasteiger partial charge in [0.2, 0.25) is 5.91 Å². The summed E-state index contributed by atoms with van der Waals surface area (Å²) in [4.78, 5) is 27.7. The number of fused-ring (bicyclic) bond motifs is 1. The highest BCUT2D eigenvalue weighted by atomic mass is 16.6. The lowest BCUT2D eigenvalue weighted by Gasteiger charge is -2.10. The van der Waals surface area contributed by atoms with Gasteiger partial charge in [0.25, 0.3) is 5.69 Å². The zero-order valence-corrected chi connectivity index (χ0v) is 15.5. The second-order valence-electron chi connectivity index (χ2n) is 6.58. The Morgan fingerprint density at radius 2 is 1.66 bits per heavy atom. The van der Waals surface area contributed by atoms with Gasteiger partial charge >= 0.3 is 0 Å². The number of imidazole rings is 1. The first-order chi connectivity index (χ1) is 14.1. The molecule has 0 radical (unpaired) electrons. The fourth-order valence-corrected chi connectivity index (χ4v) is 3.18. The Kier molecular flexibility index (Phi) is 5.03. The number of nitro groups is 1. The molecule has 0 spiro atoms. The van der Waals surface area contributed by atoms with Crippen molar-refractivity contribution in [1.82, 2.24) is 14.9 Å². The molecule has 0 saturated carbocycles. The predicted molar refractivity (Wildman–Crippen MR) is 110 cm³/mol. The molecule has 0 atom stereocenters. The molecule has 1 heterocycles. The van der Waals surface area contributed by atoms with E-state index in [9.17, 15) is 14.9 Å². The van der Waals surface area contributed by atoms with E-state index in [0.717, 1.165) is 16.6 Å². The monoisotopic (exact) mass is 386 g/mol. The van der Waals surface area contributed by atoms with Gasteiger partial charge in [-0.15, -0.1) is 0 Å². The zero-order valence-electron chi connectivity index (χ0n) is 15.5. The molecule has 1 N–H and O–H groups in total. The number of non-ortho nitro benzene ring substituents is 1. The average molecular weight is 386 g/mol. The van der Waals surface area contributed by atoms with Crippen molar-refractivity contribution in [2.24, 2.45) is 0 Å². The van der Waals surface area contributed by atoms with Gasteiger partial charge in [-0.1, -0.05) is 42.5 Å². The van der Waals surface area contributed by atoms with Crippen LogP contribution in [-0.4, -0.2) is 20.4 Å². The number of para-hydroxylation sites is 2. The molecule has 3 aromatic carbocycles. The minimum Gasteiger partial charge on any atom is -0.350 e. The van der Waals surface area contributed by atoms with Crippen LogP contribution in [-0.2, 0) is 17.9 Å². The number of amides is 1. The number of hydrogen-bond donors (Lipinski definition) is 1. The highest BCUT2D eigenvalue weighted by molar-refractivity contribution is 5.84. The molecule has 29 heavy (non-hydrogen) atoms. The number of nitrogens with zero attached hydrogens (tertiary/aromatic N) is 3. The van der Waals surface area contributed by atoms with E-state index in [-0.39, 0.29) is 18.1 Å². The van der Waals surface area contributed by atoms with Crippen molar-refractivity contribution in [1.29, 1.82) is 0 Å². The van der Waals surface area contributed by atoms with Crippen LogP contribution in [0.25, 0.3) is 22.4 Å². The van der Waals surface area contributed by atoms with E-state index in [1.165, 1.54) is 12.1 Å². The Morgan fingerprint density at radius 3 is 2.38 bits per heavy atom. The molecule has 0 bridgehead atoms. The number of nitrogens with one attached hydrogen (secondary N) is 1. The van der Waals surface area contributed by atoms with Gasteiger partial charge in [-0.2, -0.15) is 0 Å². The number of hydrogen-bond acceptors (Lipinski definition) is 4. The number of aromatic nitrogens is 2. The van der Waals surface area contributed by atoms with E-state index in [1.54, 1.807) is 12.1 Å². The third-order valence-corrected chi connectivity index (χ3v) is 4.63. The number of benzene rings is 3. The van der Waals surface area contributed by atoms with Crippen molar-refractivity contribution < 1.29 is 9.72 Å². The highest BCUT2D eigenvalue weighted by Crippen LogP contribution is 2.26. The maximum absolute atomic E-state index is 12.6. The molecule has 4 rings (SSSR count). The number of carbonyl (C=O) groups is 1. The largest absolute Gasteiger partial charge is 0.350 e. The van der Waals surface area contributed by atoms with Crippen molar-refractivity contribution >= 4 is 22.6 Å². The third-order valence-electron chi connectivity index (χ3n) is 4.63. The Morgan fingerprint density at radius 1 is 0.966 bits per heavy atom. The van der Waals surface area contributed by atoms with Gasteiger partial charge in [0.05, 0.1) is 16.0 Å². The summed E-state index contributed by atoms with van der Waals surface area (Å²) in [6, 6.07) is 23.4. The molecule has 0 saturated heterocycles. The first-order valence-corrected chi connectivity index (χ1v) is 9.12. The van der Waals surface area contributed by atoms with Crippen LogP contribution in [0.2, 0.25) is 0 Å².